The lowest BCUT2D eigenvalue weighted by Crippen LogP contribution is -2.18. The van der Waals surface area contributed by atoms with E-state index < -0.39 is 0 Å². The van der Waals surface area contributed by atoms with Crippen LogP contribution in [0.25, 0.3) is 0 Å². The summed E-state index contributed by atoms with van der Waals surface area (Å²) in [5.41, 5.74) is 0.612. The highest BCUT2D eigenvalue weighted by Gasteiger charge is 2.53. The van der Waals surface area contributed by atoms with Crippen molar-refractivity contribution in [2.45, 2.75) is 25.7 Å². The Balaban J connectivity index is 1.84. The van der Waals surface area contributed by atoms with Crippen molar-refractivity contribution in [3.63, 3.8) is 0 Å². The van der Waals surface area contributed by atoms with Crippen LogP contribution in [0.1, 0.15) is 25.7 Å². The van der Waals surface area contributed by atoms with Gasteiger partial charge >= 0.3 is 0 Å². The van der Waals surface area contributed by atoms with E-state index in [4.69, 9.17) is 9.84 Å². The van der Waals surface area contributed by atoms with Crippen molar-refractivity contribution in [3.05, 3.63) is 0 Å². The number of rotatable bonds is 2. The summed E-state index contributed by atoms with van der Waals surface area (Å²) in [7, 11) is 0. The molecule has 1 N–H and O–H groups in total. The first-order valence-corrected chi connectivity index (χ1v) is 4.56. The molecule has 1 aliphatic heterocycles. The van der Waals surface area contributed by atoms with Crippen LogP contribution in [-0.2, 0) is 4.74 Å². The van der Waals surface area contributed by atoms with Crippen molar-refractivity contribution < 1.29 is 9.84 Å². The third-order valence-corrected chi connectivity index (χ3v) is 3.32. The summed E-state index contributed by atoms with van der Waals surface area (Å²) < 4.78 is 5.31. The molecule has 0 aromatic rings. The molecular weight excluding hydrogens is 140 g/mol. The number of hydrogen-bond donors (Lipinski definition) is 1. The van der Waals surface area contributed by atoms with Gasteiger partial charge in [0.15, 0.2) is 0 Å². The van der Waals surface area contributed by atoms with Crippen molar-refractivity contribution in [3.8, 4) is 0 Å². The number of hydrogen-bond acceptors (Lipinski definition) is 2. The van der Waals surface area contributed by atoms with E-state index >= 15 is 0 Å². The average Bonchev–Trinajstić information content (AvgIpc) is 2.66. The van der Waals surface area contributed by atoms with Gasteiger partial charge in [-0.3, -0.25) is 0 Å². The molecule has 0 aromatic heterocycles. The van der Waals surface area contributed by atoms with Crippen LogP contribution in [0.3, 0.4) is 0 Å². The van der Waals surface area contributed by atoms with E-state index in [1.807, 2.05) is 0 Å². The van der Waals surface area contributed by atoms with Crippen molar-refractivity contribution in [2.75, 3.05) is 19.8 Å². The molecule has 64 valence electrons. The number of aliphatic hydroxyl groups excluding tert-OH is 1. The molecule has 1 spiro atoms. The van der Waals surface area contributed by atoms with Crippen LogP contribution in [-0.4, -0.2) is 24.9 Å². The van der Waals surface area contributed by atoms with Crippen molar-refractivity contribution in [2.24, 2.45) is 11.3 Å². The fraction of sp³-hybridized carbons (Fsp3) is 1.00. The minimum atomic E-state index is 0.368. The predicted molar refractivity (Wildman–Crippen MR) is 42.3 cm³/mol. The normalized spacial score (nSPS) is 34.1. The maximum atomic E-state index is 8.76. The zero-order valence-corrected chi connectivity index (χ0v) is 6.88. The lowest BCUT2D eigenvalue weighted by Gasteiger charge is -2.22. The lowest BCUT2D eigenvalue weighted by molar-refractivity contribution is 0.0503. The zero-order chi connectivity index (χ0) is 7.73. The molecule has 2 rings (SSSR count). The first kappa shape index (κ1) is 7.56. The van der Waals surface area contributed by atoms with E-state index in [-0.39, 0.29) is 0 Å². The number of ether oxygens (including phenoxy) is 1. The second-order valence-electron chi connectivity index (χ2n) is 3.89. The maximum absolute atomic E-state index is 8.76. The summed E-state index contributed by atoms with van der Waals surface area (Å²) >= 11 is 0. The first-order chi connectivity index (χ1) is 5.37. The van der Waals surface area contributed by atoms with Crippen LogP contribution in [0.15, 0.2) is 0 Å². The van der Waals surface area contributed by atoms with E-state index in [1.54, 1.807) is 0 Å². The van der Waals surface area contributed by atoms with E-state index in [2.05, 4.69) is 0 Å². The molecular formula is C9H16O2. The van der Waals surface area contributed by atoms with E-state index in [1.165, 1.54) is 19.3 Å². The van der Waals surface area contributed by atoms with Gasteiger partial charge in [0.1, 0.15) is 0 Å². The van der Waals surface area contributed by atoms with Crippen molar-refractivity contribution in [1.82, 2.24) is 0 Å². The Morgan fingerprint density at radius 2 is 2.09 bits per heavy atom. The van der Waals surface area contributed by atoms with Gasteiger partial charge in [0.2, 0.25) is 0 Å². The molecule has 11 heavy (non-hydrogen) atoms. The van der Waals surface area contributed by atoms with Gasteiger partial charge < -0.3 is 9.84 Å². The fourth-order valence-electron chi connectivity index (χ4n) is 2.39. The van der Waals surface area contributed by atoms with Gasteiger partial charge in [-0.2, -0.15) is 0 Å². The highest BCUT2D eigenvalue weighted by atomic mass is 16.5. The molecule has 0 radical (unpaired) electrons. The molecule has 0 bridgehead atoms. The Morgan fingerprint density at radius 3 is 2.73 bits per heavy atom. The summed E-state index contributed by atoms with van der Waals surface area (Å²) in [4.78, 5) is 0. The molecule has 1 atom stereocenters. The first-order valence-electron chi connectivity index (χ1n) is 4.56. The maximum Gasteiger partial charge on any atom is 0.0471 e. The van der Waals surface area contributed by atoms with Gasteiger partial charge in [-0.15, -0.1) is 0 Å². The Hall–Kier alpha value is -0.0800. The molecule has 2 aliphatic rings. The highest BCUT2D eigenvalue weighted by molar-refractivity contribution is 5.02. The summed E-state index contributed by atoms with van der Waals surface area (Å²) in [5, 5.41) is 8.76. The summed E-state index contributed by atoms with van der Waals surface area (Å²) in [6.45, 7) is 2.26. The van der Waals surface area contributed by atoms with Crippen molar-refractivity contribution >= 4 is 0 Å². The average molecular weight is 156 g/mol. The smallest absolute Gasteiger partial charge is 0.0471 e. The lowest BCUT2D eigenvalue weighted by atomic mass is 9.93. The Labute approximate surface area is 67.6 Å². The van der Waals surface area contributed by atoms with E-state index in [9.17, 15) is 0 Å². The van der Waals surface area contributed by atoms with Crippen LogP contribution in [0.4, 0.5) is 0 Å². The molecule has 1 saturated heterocycles. The molecule has 2 heteroatoms. The van der Waals surface area contributed by atoms with Gasteiger partial charge in [0.05, 0.1) is 0 Å². The Bertz CT molecular complexity index is 138. The fourth-order valence-corrected chi connectivity index (χ4v) is 2.39. The predicted octanol–water partition coefficient (Wildman–Crippen LogP) is 1.19. The van der Waals surface area contributed by atoms with Gasteiger partial charge in [-0.25, -0.2) is 0 Å². The molecule has 1 unspecified atom stereocenters. The van der Waals surface area contributed by atoms with Crippen LogP contribution in [0.2, 0.25) is 0 Å². The third kappa shape index (κ3) is 1.30. The van der Waals surface area contributed by atoms with E-state index in [0.29, 0.717) is 12.0 Å². The molecule has 1 aliphatic carbocycles. The minimum Gasteiger partial charge on any atom is -0.396 e. The van der Waals surface area contributed by atoms with Crippen LogP contribution >= 0.6 is 0 Å². The van der Waals surface area contributed by atoms with Crippen molar-refractivity contribution in [1.29, 1.82) is 0 Å². The molecule has 2 nitrogen and oxygen atoms in total. The van der Waals surface area contributed by atoms with Crippen LogP contribution in [0.5, 0.6) is 0 Å². The summed E-state index contributed by atoms with van der Waals surface area (Å²) in [5.74, 6) is 0.816. The second kappa shape index (κ2) is 2.76. The third-order valence-electron chi connectivity index (χ3n) is 3.32. The van der Waals surface area contributed by atoms with Gasteiger partial charge in [0.25, 0.3) is 0 Å². The summed E-state index contributed by atoms with van der Waals surface area (Å²) in [6, 6.07) is 0. The van der Waals surface area contributed by atoms with Gasteiger partial charge in [-0.1, -0.05) is 0 Å². The quantitative estimate of drug-likeness (QED) is 0.650. The summed E-state index contributed by atoms with van der Waals surface area (Å²) in [6.07, 6.45) is 4.83. The zero-order valence-electron chi connectivity index (χ0n) is 6.88. The Morgan fingerprint density at radius 1 is 1.36 bits per heavy atom. The highest BCUT2D eigenvalue weighted by Crippen LogP contribution is 2.60. The number of aliphatic hydroxyl groups is 1. The molecule has 1 heterocycles. The van der Waals surface area contributed by atoms with E-state index in [0.717, 1.165) is 25.6 Å². The topological polar surface area (TPSA) is 29.5 Å². The van der Waals surface area contributed by atoms with Gasteiger partial charge in [-0.05, 0) is 37.0 Å². The molecule has 1 saturated carbocycles. The molecule has 0 amide bonds. The minimum absolute atomic E-state index is 0.368. The van der Waals surface area contributed by atoms with Crippen LogP contribution in [0, 0.1) is 11.3 Å². The second-order valence-corrected chi connectivity index (χ2v) is 3.89. The SMILES string of the molecule is OCCC1CC12CCOCC2. The standard InChI is InChI=1S/C9H16O2/c10-4-1-8-7-9(8)2-5-11-6-3-9/h8,10H,1-7H2. The largest absolute Gasteiger partial charge is 0.396 e. The molecule has 2 fully saturated rings. The van der Waals surface area contributed by atoms with Gasteiger partial charge in [0, 0.05) is 19.8 Å². The monoisotopic (exact) mass is 156 g/mol. The molecule has 0 aromatic carbocycles. The Kier molecular flexibility index (Phi) is 1.90. The van der Waals surface area contributed by atoms with Crippen LogP contribution < -0.4 is 0 Å².